The molecule has 0 aliphatic rings. The van der Waals surface area contributed by atoms with Gasteiger partial charge < -0.3 is 5.32 Å². The van der Waals surface area contributed by atoms with Gasteiger partial charge in [0.25, 0.3) is 0 Å². The Bertz CT molecular complexity index is 632. The molecule has 0 spiro atoms. The minimum absolute atomic E-state index is 0.0223. The summed E-state index contributed by atoms with van der Waals surface area (Å²) in [6.07, 6.45) is 1.69. The molecule has 1 N–H and O–H groups in total. The van der Waals surface area contributed by atoms with Crippen LogP contribution in [-0.2, 0) is 5.41 Å². The summed E-state index contributed by atoms with van der Waals surface area (Å²) in [5.74, 6) is 0.567. The van der Waals surface area contributed by atoms with Gasteiger partial charge >= 0.3 is 0 Å². The number of anilines is 2. The molecule has 0 radical (unpaired) electrons. The fraction of sp³-hybridized carbons (Fsp3) is 0.357. The molecule has 2 aromatic heterocycles. The van der Waals surface area contributed by atoms with Gasteiger partial charge in [-0.15, -0.1) is 11.3 Å². The quantitative estimate of drug-likeness (QED) is 0.904. The first-order valence-corrected chi connectivity index (χ1v) is 6.88. The molecule has 4 nitrogen and oxygen atoms in total. The highest BCUT2D eigenvalue weighted by Crippen LogP contribution is 2.28. The van der Waals surface area contributed by atoms with Crippen LogP contribution in [0.2, 0.25) is 0 Å². The summed E-state index contributed by atoms with van der Waals surface area (Å²) >= 11 is 1.52. The summed E-state index contributed by atoms with van der Waals surface area (Å²) in [5.41, 5.74) is 2.53. The zero-order valence-electron chi connectivity index (χ0n) is 11.5. The first-order valence-electron chi connectivity index (χ1n) is 6.00. The Morgan fingerprint density at radius 2 is 2.11 bits per heavy atom. The van der Waals surface area contributed by atoms with E-state index in [1.165, 1.54) is 11.3 Å². The predicted molar refractivity (Wildman–Crippen MR) is 77.8 cm³/mol. The summed E-state index contributed by atoms with van der Waals surface area (Å²) < 4.78 is 0. The summed E-state index contributed by atoms with van der Waals surface area (Å²) in [4.78, 5) is 8.75. The molecule has 2 heterocycles. The molecule has 2 rings (SSSR count). The van der Waals surface area contributed by atoms with E-state index in [1.807, 2.05) is 18.4 Å². The summed E-state index contributed by atoms with van der Waals surface area (Å²) in [7, 11) is 0. The highest BCUT2D eigenvalue weighted by atomic mass is 32.1. The zero-order valence-corrected chi connectivity index (χ0v) is 12.3. The van der Waals surface area contributed by atoms with Crippen molar-refractivity contribution in [2.75, 3.05) is 5.32 Å². The molecular weight excluding hydrogens is 256 g/mol. The van der Waals surface area contributed by atoms with Gasteiger partial charge in [-0.1, -0.05) is 20.8 Å². The first-order chi connectivity index (χ1) is 8.91. The van der Waals surface area contributed by atoms with E-state index in [0.29, 0.717) is 11.4 Å². The largest absolute Gasteiger partial charge is 0.315 e. The second-order valence-corrected chi connectivity index (χ2v) is 6.23. The zero-order chi connectivity index (χ0) is 14.0. The standard InChI is InChI=1S/C14H16N4S/c1-9-5-6-16-12(10(9)7-15)18-13-17-11(8-19-13)14(2,3)4/h5-6,8H,1-4H3,(H,16,17,18). The van der Waals surface area contributed by atoms with Gasteiger partial charge in [-0.3, -0.25) is 0 Å². The Hall–Kier alpha value is -1.93. The van der Waals surface area contributed by atoms with Gasteiger partial charge in [-0.25, -0.2) is 9.97 Å². The van der Waals surface area contributed by atoms with Crippen LogP contribution >= 0.6 is 11.3 Å². The molecule has 0 bridgehead atoms. The van der Waals surface area contributed by atoms with E-state index in [9.17, 15) is 0 Å². The SMILES string of the molecule is Cc1ccnc(Nc2nc(C(C)(C)C)cs2)c1C#N. The van der Waals surface area contributed by atoms with E-state index in [4.69, 9.17) is 5.26 Å². The molecular formula is C14H16N4S. The maximum atomic E-state index is 9.16. The number of nitriles is 1. The second-order valence-electron chi connectivity index (χ2n) is 5.38. The van der Waals surface area contributed by atoms with Crippen molar-refractivity contribution in [3.63, 3.8) is 0 Å². The molecule has 0 aromatic carbocycles. The van der Waals surface area contributed by atoms with Crippen molar-refractivity contribution in [1.82, 2.24) is 9.97 Å². The number of rotatable bonds is 2. The minimum Gasteiger partial charge on any atom is -0.315 e. The molecule has 0 aliphatic carbocycles. The van der Waals surface area contributed by atoms with E-state index in [-0.39, 0.29) is 5.41 Å². The van der Waals surface area contributed by atoms with Crippen molar-refractivity contribution in [3.05, 3.63) is 34.5 Å². The third-order valence-corrected chi connectivity index (χ3v) is 3.53. The van der Waals surface area contributed by atoms with Gasteiger partial charge in [-0.05, 0) is 18.6 Å². The van der Waals surface area contributed by atoms with Gasteiger partial charge in [0.15, 0.2) is 5.13 Å². The van der Waals surface area contributed by atoms with Crippen molar-refractivity contribution in [1.29, 1.82) is 5.26 Å². The summed E-state index contributed by atoms with van der Waals surface area (Å²) in [5, 5.41) is 15.1. The van der Waals surface area contributed by atoms with E-state index in [1.54, 1.807) is 6.20 Å². The number of aromatic nitrogens is 2. The minimum atomic E-state index is 0.0223. The highest BCUT2D eigenvalue weighted by Gasteiger charge is 2.18. The number of aryl methyl sites for hydroxylation is 1. The normalized spacial score (nSPS) is 11.1. The Kier molecular flexibility index (Phi) is 3.54. The van der Waals surface area contributed by atoms with E-state index in [0.717, 1.165) is 16.4 Å². The summed E-state index contributed by atoms with van der Waals surface area (Å²) in [6, 6.07) is 4.00. The third-order valence-electron chi connectivity index (χ3n) is 2.77. The third kappa shape index (κ3) is 2.91. The molecule has 98 valence electrons. The molecule has 0 fully saturated rings. The summed E-state index contributed by atoms with van der Waals surface area (Å²) in [6.45, 7) is 8.26. The van der Waals surface area contributed by atoms with E-state index >= 15 is 0 Å². The van der Waals surface area contributed by atoms with E-state index in [2.05, 4.69) is 42.1 Å². The first kappa shape index (κ1) is 13.5. The van der Waals surface area contributed by atoms with Crippen LogP contribution in [0.3, 0.4) is 0 Å². The van der Waals surface area contributed by atoms with Gasteiger partial charge in [0.05, 0.1) is 11.3 Å². The molecule has 0 saturated carbocycles. The number of nitrogens with one attached hydrogen (secondary N) is 1. The Balaban J connectivity index is 2.30. The van der Waals surface area contributed by atoms with Crippen molar-refractivity contribution in [3.8, 4) is 6.07 Å². The maximum Gasteiger partial charge on any atom is 0.188 e. The Morgan fingerprint density at radius 1 is 1.37 bits per heavy atom. The van der Waals surface area contributed by atoms with Crippen LogP contribution in [0.15, 0.2) is 17.6 Å². The fourth-order valence-corrected chi connectivity index (χ4v) is 2.51. The van der Waals surface area contributed by atoms with Crippen LogP contribution in [0.25, 0.3) is 0 Å². The molecule has 0 aliphatic heterocycles. The second kappa shape index (κ2) is 4.98. The average molecular weight is 272 g/mol. The van der Waals surface area contributed by atoms with Gasteiger partial charge in [0.2, 0.25) is 0 Å². The molecule has 0 atom stereocenters. The van der Waals surface area contributed by atoms with E-state index < -0.39 is 0 Å². The number of hydrogen-bond donors (Lipinski definition) is 1. The highest BCUT2D eigenvalue weighted by molar-refractivity contribution is 7.13. The number of hydrogen-bond acceptors (Lipinski definition) is 5. The van der Waals surface area contributed by atoms with Crippen molar-refractivity contribution in [2.24, 2.45) is 0 Å². The van der Waals surface area contributed by atoms with Gasteiger partial charge in [0, 0.05) is 17.0 Å². The van der Waals surface area contributed by atoms with Crippen LogP contribution in [0, 0.1) is 18.3 Å². The fourth-order valence-electron chi connectivity index (χ4n) is 1.57. The molecule has 19 heavy (non-hydrogen) atoms. The van der Waals surface area contributed by atoms with Crippen LogP contribution in [0.5, 0.6) is 0 Å². The number of nitrogens with zero attached hydrogens (tertiary/aromatic N) is 3. The predicted octanol–water partition coefficient (Wildman–Crippen LogP) is 3.76. The smallest absolute Gasteiger partial charge is 0.188 e. The van der Waals surface area contributed by atoms with Crippen molar-refractivity contribution >= 4 is 22.3 Å². The van der Waals surface area contributed by atoms with Gasteiger partial charge in [0.1, 0.15) is 11.9 Å². The number of pyridine rings is 1. The monoisotopic (exact) mass is 272 g/mol. The van der Waals surface area contributed by atoms with Crippen LogP contribution in [0.1, 0.15) is 37.6 Å². The maximum absolute atomic E-state index is 9.16. The molecule has 5 heteroatoms. The van der Waals surface area contributed by atoms with Crippen LogP contribution in [0.4, 0.5) is 10.9 Å². The average Bonchev–Trinajstić information content (AvgIpc) is 2.77. The molecule has 2 aromatic rings. The van der Waals surface area contributed by atoms with Crippen LogP contribution < -0.4 is 5.32 Å². The van der Waals surface area contributed by atoms with Crippen molar-refractivity contribution in [2.45, 2.75) is 33.1 Å². The van der Waals surface area contributed by atoms with Crippen molar-refractivity contribution < 1.29 is 0 Å². The van der Waals surface area contributed by atoms with Gasteiger partial charge in [-0.2, -0.15) is 5.26 Å². The lowest BCUT2D eigenvalue weighted by atomic mass is 9.93. The number of thiazole rings is 1. The Morgan fingerprint density at radius 3 is 2.68 bits per heavy atom. The molecule has 0 saturated heterocycles. The molecule has 0 amide bonds. The molecule has 0 unspecified atom stereocenters. The topological polar surface area (TPSA) is 61.6 Å². The lowest BCUT2D eigenvalue weighted by Crippen LogP contribution is -2.11. The lowest BCUT2D eigenvalue weighted by molar-refractivity contribution is 0.573. The van der Waals surface area contributed by atoms with Crippen LogP contribution in [-0.4, -0.2) is 9.97 Å². The Labute approximate surface area is 117 Å². The lowest BCUT2D eigenvalue weighted by Gasteiger charge is -2.14.